The second-order valence-corrected chi connectivity index (χ2v) is 8.77. The zero-order chi connectivity index (χ0) is 22.6. The lowest BCUT2D eigenvalue weighted by Gasteiger charge is -2.26. The molecule has 0 bridgehead atoms. The number of fused-ring (bicyclic) bond motifs is 2. The number of benzene rings is 3. The van der Waals surface area contributed by atoms with Crippen LogP contribution in [0.15, 0.2) is 65.6 Å². The Labute approximate surface area is 197 Å². The van der Waals surface area contributed by atoms with Gasteiger partial charge in [0.25, 0.3) is 5.91 Å². The van der Waals surface area contributed by atoms with Crippen LogP contribution in [0.3, 0.4) is 0 Å². The molecule has 33 heavy (non-hydrogen) atoms. The number of carbonyl (C=O) groups is 1. The van der Waals surface area contributed by atoms with Crippen LogP contribution >= 0.6 is 11.8 Å². The van der Waals surface area contributed by atoms with Crippen LogP contribution in [-0.4, -0.2) is 38.5 Å². The van der Waals surface area contributed by atoms with E-state index in [-0.39, 0.29) is 5.91 Å². The van der Waals surface area contributed by atoms with E-state index in [0.29, 0.717) is 37.7 Å². The molecule has 0 saturated carbocycles. The molecule has 2 aliphatic rings. The summed E-state index contributed by atoms with van der Waals surface area (Å²) < 4.78 is 17.4. The highest BCUT2D eigenvalue weighted by atomic mass is 32.2. The van der Waals surface area contributed by atoms with Gasteiger partial charge < -0.3 is 24.4 Å². The van der Waals surface area contributed by atoms with Crippen molar-refractivity contribution >= 4 is 29.0 Å². The number of nitrogens with zero attached hydrogens (tertiary/aromatic N) is 1. The van der Waals surface area contributed by atoms with Crippen LogP contribution in [0, 0.1) is 0 Å². The minimum absolute atomic E-state index is 0.120. The number of ether oxygens (including phenoxy) is 3. The fourth-order valence-corrected chi connectivity index (χ4v) is 4.42. The maximum absolute atomic E-state index is 12.8. The first-order chi connectivity index (χ1) is 16.2. The van der Waals surface area contributed by atoms with Crippen molar-refractivity contribution in [1.82, 2.24) is 5.32 Å². The van der Waals surface area contributed by atoms with Crippen molar-refractivity contribution in [2.24, 2.45) is 0 Å². The van der Waals surface area contributed by atoms with Gasteiger partial charge in [-0.25, -0.2) is 0 Å². The summed E-state index contributed by atoms with van der Waals surface area (Å²) in [5.41, 5.74) is 3.60. The van der Waals surface area contributed by atoms with Crippen molar-refractivity contribution in [3.05, 3.63) is 71.8 Å². The van der Waals surface area contributed by atoms with Gasteiger partial charge in [0, 0.05) is 35.3 Å². The normalized spacial score (nSPS) is 14.6. The smallest absolute Gasteiger partial charge is 0.251 e. The topological polar surface area (TPSA) is 60.0 Å². The van der Waals surface area contributed by atoms with Crippen LogP contribution in [0.5, 0.6) is 17.2 Å². The molecule has 5 rings (SSSR count). The lowest BCUT2D eigenvalue weighted by atomic mass is 10.1. The van der Waals surface area contributed by atoms with Gasteiger partial charge in [-0.05, 0) is 60.7 Å². The third kappa shape index (κ3) is 4.73. The molecule has 0 spiro atoms. The predicted octanol–water partition coefficient (Wildman–Crippen LogP) is 5.03. The standard InChI is InChI=1S/C26H26N2O4S/c1-33-21-7-3-18(4-8-21)17-27-26(29)19-5-9-22-24(15-19)30-12-2-11-28(22)20-6-10-23-25(16-20)32-14-13-31-23/h3-10,15-16H,2,11-14,17H2,1H3,(H,27,29). The highest BCUT2D eigenvalue weighted by Crippen LogP contribution is 2.40. The molecule has 170 valence electrons. The van der Waals surface area contributed by atoms with Gasteiger partial charge in [-0.15, -0.1) is 11.8 Å². The van der Waals surface area contributed by atoms with Crippen LogP contribution in [0.1, 0.15) is 22.3 Å². The number of rotatable bonds is 5. The number of carbonyl (C=O) groups excluding carboxylic acids is 1. The van der Waals surface area contributed by atoms with E-state index in [9.17, 15) is 4.79 Å². The van der Waals surface area contributed by atoms with Crippen molar-refractivity contribution in [2.75, 3.05) is 37.5 Å². The number of nitrogens with one attached hydrogen (secondary N) is 1. The van der Waals surface area contributed by atoms with Crippen molar-refractivity contribution in [1.29, 1.82) is 0 Å². The van der Waals surface area contributed by atoms with Crippen LogP contribution in [-0.2, 0) is 6.54 Å². The van der Waals surface area contributed by atoms with Gasteiger partial charge in [-0.1, -0.05) is 12.1 Å². The van der Waals surface area contributed by atoms with E-state index in [2.05, 4.69) is 22.3 Å². The molecule has 0 radical (unpaired) electrons. The minimum atomic E-state index is -0.120. The summed E-state index contributed by atoms with van der Waals surface area (Å²) in [6, 6.07) is 19.8. The van der Waals surface area contributed by atoms with Crippen molar-refractivity contribution in [3.63, 3.8) is 0 Å². The molecule has 7 heteroatoms. The Hall–Kier alpha value is -3.32. The Balaban J connectivity index is 1.34. The number of amides is 1. The Bertz CT molecular complexity index is 1150. The molecule has 0 unspecified atom stereocenters. The molecular weight excluding hydrogens is 436 g/mol. The minimum Gasteiger partial charge on any atom is -0.491 e. The summed E-state index contributed by atoms with van der Waals surface area (Å²) in [5.74, 6) is 2.11. The SMILES string of the molecule is CSc1ccc(CNC(=O)c2ccc3c(c2)OCCCN3c2ccc3c(c2)OCCO3)cc1. The van der Waals surface area contributed by atoms with Crippen molar-refractivity contribution in [3.8, 4) is 17.2 Å². The third-order valence-corrected chi connectivity index (χ3v) is 6.49. The molecule has 0 atom stereocenters. The van der Waals surface area contributed by atoms with E-state index in [1.165, 1.54) is 4.90 Å². The maximum Gasteiger partial charge on any atom is 0.251 e. The van der Waals surface area contributed by atoms with Gasteiger partial charge in [0.15, 0.2) is 11.5 Å². The van der Waals surface area contributed by atoms with Gasteiger partial charge in [0.2, 0.25) is 0 Å². The predicted molar refractivity (Wildman–Crippen MR) is 130 cm³/mol. The Morgan fingerprint density at radius 3 is 2.52 bits per heavy atom. The Morgan fingerprint density at radius 2 is 1.70 bits per heavy atom. The van der Waals surface area contributed by atoms with Crippen LogP contribution in [0.2, 0.25) is 0 Å². The fraction of sp³-hybridized carbons (Fsp3) is 0.269. The number of thioether (sulfide) groups is 1. The first kappa shape index (κ1) is 21.5. The average Bonchev–Trinajstić information content (AvgIpc) is 3.09. The Kier molecular flexibility index (Phi) is 6.30. The maximum atomic E-state index is 12.8. The summed E-state index contributed by atoms with van der Waals surface area (Å²) in [7, 11) is 0. The average molecular weight is 463 g/mol. The second-order valence-electron chi connectivity index (χ2n) is 7.89. The molecule has 2 heterocycles. The van der Waals surface area contributed by atoms with Crippen LogP contribution in [0.4, 0.5) is 11.4 Å². The zero-order valence-electron chi connectivity index (χ0n) is 18.5. The van der Waals surface area contributed by atoms with Gasteiger partial charge in [-0.2, -0.15) is 0 Å². The molecule has 2 aliphatic heterocycles. The second kappa shape index (κ2) is 9.67. The first-order valence-electron chi connectivity index (χ1n) is 11.1. The van der Waals surface area contributed by atoms with E-state index >= 15 is 0 Å². The summed E-state index contributed by atoms with van der Waals surface area (Å²) in [4.78, 5) is 16.2. The van der Waals surface area contributed by atoms with E-state index < -0.39 is 0 Å². The molecule has 3 aromatic rings. The van der Waals surface area contributed by atoms with E-state index in [1.54, 1.807) is 11.8 Å². The summed E-state index contributed by atoms with van der Waals surface area (Å²) >= 11 is 1.70. The molecule has 0 fully saturated rings. The van der Waals surface area contributed by atoms with Gasteiger partial charge in [0.1, 0.15) is 19.0 Å². The number of anilines is 2. The van der Waals surface area contributed by atoms with E-state index in [0.717, 1.165) is 41.4 Å². The lowest BCUT2D eigenvalue weighted by molar-refractivity contribution is 0.0950. The third-order valence-electron chi connectivity index (χ3n) is 5.75. The molecule has 6 nitrogen and oxygen atoms in total. The highest BCUT2D eigenvalue weighted by Gasteiger charge is 2.22. The summed E-state index contributed by atoms with van der Waals surface area (Å²) in [6.45, 7) is 3.01. The monoisotopic (exact) mass is 462 g/mol. The summed E-state index contributed by atoms with van der Waals surface area (Å²) in [5, 5.41) is 3.01. The van der Waals surface area contributed by atoms with Crippen LogP contribution < -0.4 is 24.4 Å². The van der Waals surface area contributed by atoms with Gasteiger partial charge in [0.05, 0.1) is 12.3 Å². The largest absolute Gasteiger partial charge is 0.491 e. The molecule has 0 aromatic heterocycles. The summed E-state index contributed by atoms with van der Waals surface area (Å²) in [6.07, 6.45) is 2.92. The zero-order valence-corrected chi connectivity index (χ0v) is 19.3. The number of hydrogen-bond acceptors (Lipinski definition) is 6. The highest BCUT2D eigenvalue weighted by molar-refractivity contribution is 7.98. The van der Waals surface area contributed by atoms with Crippen LogP contribution in [0.25, 0.3) is 0 Å². The molecule has 0 saturated heterocycles. The van der Waals surface area contributed by atoms with E-state index in [4.69, 9.17) is 14.2 Å². The van der Waals surface area contributed by atoms with Crippen molar-refractivity contribution < 1.29 is 19.0 Å². The Morgan fingerprint density at radius 1 is 0.909 bits per heavy atom. The molecular formula is C26H26N2O4S. The molecule has 1 amide bonds. The van der Waals surface area contributed by atoms with Gasteiger partial charge in [-0.3, -0.25) is 4.79 Å². The molecule has 0 aliphatic carbocycles. The number of hydrogen-bond donors (Lipinski definition) is 1. The first-order valence-corrected chi connectivity index (χ1v) is 12.3. The van der Waals surface area contributed by atoms with Gasteiger partial charge >= 0.3 is 0 Å². The molecule has 1 N–H and O–H groups in total. The van der Waals surface area contributed by atoms with E-state index in [1.807, 2.05) is 54.8 Å². The molecule has 3 aromatic carbocycles. The lowest BCUT2D eigenvalue weighted by Crippen LogP contribution is -2.23. The fourth-order valence-electron chi connectivity index (χ4n) is 4.02. The van der Waals surface area contributed by atoms with Crippen molar-refractivity contribution in [2.45, 2.75) is 17.9 Å². The quantitative estimate of drug-likeness (QED) is 0.537.